The first kappa shape index (κ1) is 19.3. The van der Waals surface area contributed by atoms with Crippen LogP contribution in [0.15, 0.2) is 59.1 Å². The van der Waals surface area contributed by atoms with Crippen LogP contribution in [0.25, 0.3) is 11.3 Å². The first-order chi connectivity index (χ1) is 13.6. The highest BCUT2D eigenvalue weighted by molar-refractivity contribution is 5.90. The van der Waals surface area contributed by atoms with E-state index in [9.17, 15) is 13.6 Å². The Morgan fingerprint density at radius 3 is 2.61 bits per heavy atom. The molecule has 2 aromatic carbocycles. The van der Waals surface area contributed by atoms with E-state index < -0.39 is 12.6 Å². The predicted octanol–water partition coefficient (Wildman–Crippen LogP) is 4.70. The maximum Gasteiger partial charge on any atom is 0.387 e. The second-order valence-corrected chi connectivity index (χ2v) is 5.60. The molecule has 0 aliphatic rings. The minimum Gasteiger partial charge on any atom is -0.490 e. The summed E-state index contributed by atoms with van der Waals surface area (Å²) in [5.41, 5.74) is 1.43. The summed E-state index contributed by atoms with van der Waals surface area (Å²) in [4.78, 5) is 12.3. The molecule has 0 saturated heterocycles. The fourth-order valence-electron chi connectivity index (χ4n) is 2.44. The highest BCUT2D eigenvalue weighted by Crippen LogP contribution is 2.30. The molecule has 3 rings (SSSR count). The lowest BCUT2D eigenvalue weighted by molar-refractivity contribution is -0.0514. The van der Waals surface area contributed by atoms with Crippen molar-refractivity contribution in [2.75, 3.05) is 6.61 Å². The van der Waals surface area contributed by atoms with Gasteiger partial charge in [-0.3, -0.25) is 0 Å². The first-order valence-corrected chi connectivity index (χ1v) is 8.46. The zero-order valence-corrected chi connectivity index (χ0v) is 14.9. The summed E-state index contributed by atoms with van der Waals surface area (Å²) >= 11 is 0. The fourth-order valence-corrected chi connectivity index (χ4v) is 2.44. The van der Waals surface area contributed by atoms with Crippen LogP contribution in [0, 0.1) is 0 Å². The molecule has 0 amide bonds. The van der Waals surface area contributed by atoms with Gasteiger partial charge >= 0.3 is 12.6 Å². The number of alkyl halides is 2. The SMILES string of the molecule is CCOc1cc(C(=O)OCc2cc(-c3ccccc3)on2)ccc1OC(F)F. The minimum atomic E-state index is -3.00. The number of hydrogen-bond donors (Lipinski definition) is 0. The van der Waals surface area contributed by atoms with Crippen molar-refractivity contribution >= 4 is 5.97 Å². The molecule has 0 spiro atoms. The van der Waals surface area contributed by atoms with Crippen LogP contribution in [0.3, 0.4) is 0 Å². The average molecular weight is 389 g/mol. The Kier molecular flexibility index (Phi) is 6.21. The van der Waals surface area contributed by atoms with Gasteiger partial charge in [0.25, 0.3) is 0 Å². The number of halogens is 2. The van der Waals surface area contributed by atoms with E-state index in [0.717, 1.165) is 5.56 Å². The van der Waals surface area contributed by atoms with Crippen molar-refractivity contribution in [1.29, 1.82) is 0 Å². The number of carbonyl (C=O) groups excluding carboxylic acids is 1. The van der Waals surface area contributed by atoms with Crippen LogP contribution in [-0.4, -0.2) is 24.3 Å². The highest BCUT2D eigenvalue weighted by Gasteiger charge is 2.16. The number of carbonyl (C=O) groups is 1. The van der Waals surface area contributed by atoms with E-state index in [2.05, 4.69) is 9.89 Å². The molecule has 0 radical (unpaired) electrons. The number of esters is 1. The summed E-state index contributed by atoms with van der Waals surface area (Å²) in [5.74, 6) is -0.227. The van der Waals surface area contributed by atoms with Gasteiger partial charge in [-0.15, -0.1) is 0 Å². The Bertz CT molecular complexity index is 927. The van der Waals surface area contributed by atoms with E-state index in [0.29, 0.717) is 11.5 Å². The van der Waals surface area contributed by atoms with E-state index in [1.54, 1.807) is 13.0 Å². The molecule has 8 heteroatoms. The molecule has 1 aromatic heterocycles. The molecular formula is C20H17F2NO5. The van der Waals surface area contributed by atoms with Crippen molar-refractivity contribution in [1.82, 2.24) is 5.16 Å². The van der Waals surface area contributed by atoms with Crippen LogP contribution in [0.2, 0.25) is 0 Å². The Labute approximate surface area is 159 Å². The van der Waals surface area contributed by atoms with Crippen molar-refractivity contribution in [3.63, 3.8) is 0 Å². The topological polar surface area (TPSA) is 70.8 Å². The third kappa shape index (κ3) is 4.85. The summed E-state index contributed by atoms with van der Waals surface area (Å²) in [6, 6.07) is 14.9. The van der Waals surface area contributed by atoms with Crippen LogP contribution in [0.1, 0.15) is 23.0 Å². The lowest BCUT2D eigenvalue weighted by Crippen LogP contribution is -2.08. The predicted molar refractivity (Wildman–Crippen MR) is 95.3 cm³/mol. The summed E-state index contributed by atoms with van der Waals surface area (Å²) in [6.07, 6.45) is 0. The molecule has 0 aliphatic carbocycles. The second kappa shape index (κ2) is 8.98. The van der Waals surface area contributed by atoms with Crippen LogP contribution in [0.4, 0.5) is 8.78 Å². The highest BCUT2D eigenvalue weighted by atomic mass is 19.3. The first-order valence-electron chi connectivity index (χ1n) is 8.46. The van der Waals surface area contributed by atoms with Crippen LogP contribution in [0.5, 0.6) is 11.5 Å². The molecule has 0 unspecified atom stereocenters. The molecule has 0 atom stereocenters. The third-order valence-corrected chi connectivity index (χ3v) is 3.66. The number of benzene rings is 2. The number of hydrogen-bond acceptors (Lipinski definition) is 6. The van der Waals surface area contributed by atoms with Crippen molar-refractivity contribution < 1.29 is 32.3 Å². The van der Waals surface area contributed by atoms with Crippen LogP contribution in [-0.2, 0) is 11.3 Å². The van der Waals surface area contributed by atoms with E-state index >= 15 is 0 Å². The molecule has 0 N–H and O–H groups in total. The Hall–Kier alpha value is -3.42. The van der Waals surface area contributed by atoms with Gasteiger partial charge in [0.2, 0.25) is 0 Å². The van der Waals surface area contributed by atoms with Crippen LogP contribution >= 0.6 is 0 Å². The van der Waals surface area contributed by atoms with Gasteiger partial charge in [0.05, 0.1) is 12.2 Å². The van der Waals surface area contributed by atoms with E-state index in [1.165, 1.54) is 18.2 Å². The van der Waals surface area contributed by atoms with Gasteiger partial charge in [-0.2, -0.15) is 8.78 Å². The molecule has 28 heavy (non-hydrogen) atoms. The van der Waals surface area contributed by atoms with Crippen molar-refractivity contribution in [2.24, 2.45) is 0 Å². The van der Waals surface area contributed by atoms with Gasteiger partial charge in [-0.25, -0.2) is 4.79 Å². The number of aromatic nitrogens is 1. The Balaban J connectivity index is 1.66. The van der Waals surface area contributed by atoms with E-state index in [-0.39, 0.29) is 30.3 Å². The number of nitrogens with zero attached hydrogens (tertiary/aromatic N) is 1. The normalized spacial score (nSPS) is 10.7. The molecule has 0 fully saturated rings. The monoisotopic (exact) mass is 389 g/mol. The lowest BCUT2D eigenvalue weighted by Gasteiger charge is -2.12. The third-order valence-electron chi connectivity index (χ3n) is 3.66. The zero-order valence-electron chi connectivity index (χ0n) is 14.9. The molecule has 0 saturated carbocycles. The Morgan fingerprint density at radius 1 is 1.11 bits per heavy atom. The van der Waals surface area contributed by atoms with Crippen LogP contribution < -0.4 is 9.47 Å². The summed E-state index contributed by atoms with van der Waals surface area (Å²) < 4.78 is 45.0. The number of rotatable bonds is 8. The van der Waals surface area contributed by atoms with Gasteiger partial charge in [0, 0.05) is 11.6 Å². The van der Waals surface area contributed by atoms with E-state index in [1.807, 2.05) is 30.3 Å². The van der Waals surface area contributed by atoms with Gasteiger partial charge in [0.15, 0.2) is 17.3 Å². The summed E-state index contributed by atoms with van der Waals surface area (Å²) in [6.45, 7) is -1.19. The molecule has 0 bridgehead atoms. The number of ether oxygens (including phenoxy) is 3. The molecule has 146 valence electrons. The van der Waals surface area contributed by atoms with E-state index in [4.69, 9.17) is 14.0 Å². The molecule has 0 aliphatic heterocycles. The van der Waals surface area contributed by atoms with Gasteiger partial charge < -0.3 is 18.7 Å². The van der Waals surface area contributed by atoms with Crippen molar-refractivity contribution in [3.8, 4) is 22.8 Å². The Morgan fingerprint density at radius 2 is 1.89 bits per heavy atom. The fraction of sp³-hybridized carbons (Fsp3) is 0.200. The average Bonchev–Trinajstić information content (AvgIpc) is 3.17. The zero-order chi connectivity index (χ0) is 19.9. The lowest BCUT2D eigenvalue weighted by atomic mass is 10.2. The molecular weight excluding hydrogens is 372 g/mol. The molecule has 1 heterocycles. The maximum absolute atomic E-state index is 12.4. The largest absolute Gasteiger partial charge is 0.490 e. The quantitative estimate of drug-likeness (QED) is 0.520. The molecule has 3 aromatic rings. The van der Waals surface area contributed by atoms with Crippen molar-refractivity contribution in [2.45, 2.75) is 20.1 Å². The minimum absolute atomic E-state index is 0.0325. The smallest absolute Gasteiger partial charge is 0.387 e. The van der Waals surface area contributed by atoms with Crippen molar-refractivity contribution in [3.05, 3.63) is 65.9 Å². The second-order valence-electron chi connectivity index (χ2n) is 5.60. The standard InChI is InChI=1S/C20H17F2NO5/c1-2-25-18-10-14(8-9-16(18)27-20(21)22)19(24)26-12-15-11-17(28-23-15)13-6-4-3-5-7-13/h3-11,20H,2,12H2,1H3. The van der Waals surface area contributed by atoms with Gasteiger partial charge in [0.1, 0.15) is 12.3 Å². The molecule has 6 nitrogen and oxygen atoms in total. The maximum atomic E-state index is 12.4. The van der Waals surface area contributed by atoms with Gasteiger partial charge in [-0.1, -0.05) is 35.5 Å². The summed E-state index contributed by atoms with van der Waals surface area (Å²) in [7, 11) is 0. The summed E-state index contributed by atoms with van der Waals surface area (Å²) in [5, 5.41) is 3.87. The van der Waals surface area contributed by atoms with Gasteiger partial charge in [-0.05, 0) is 25.1 Å².